The highest BCUT2D eigenvalue weighted by Crippen LogP contribution is 2.18. The molecule has 2 N–H and O–H groups in total. The van der Waals surface area contributed by atoms with E-state index in [0.29, 0.717) is 18.3 Å². The lowest BCUT2D eigenvalue weighted by molar-refractivity contribution is 0.267. The van der Waals surface area contributed by atoms with Gasteiger partial charge in [-0.2, -0.15) is 0 Å². The number of likely N-dealkylation sites (N-methyl/N-ethyl adjacent to an activating group) is 1. The number of likely N-dealkylation sites (tertiary alicyclic amines) is 1. The molecule has 0 aliphatic carbocycles. The van der Waals surface area contributed by atoms with Crippen molar-refractivity contribution in [1.29, 1.82) is 0 Å². The van der Waals surface area contributed by atoms with Crippen LogP contribution in [0.25, 0.3) is 0 Å². The molecule has 142 valence electrons. The van der Waals surface area contributed by atoms with Gasteiger partial charge in [-0.3, -0.25) is 9.89 Å². The average Bonchev–Trinajstić information content (AvgIpc) is 3.02. The summed E-state index contributed by atoms with van der Waals surface area (Å²) < 4.78 is 14.0. The van der Waals surface area contributed by atoms with Gasteiger partial charge in [0.2, 0.25) is 0 Å². The van der Waals surface area contributed by atoms with E-state index in [2.05, 4.69) is 27.4 Å². The van der Waals surface area contributed by atoms with Gasteiger partial charge in [0, 0.05) is 40.3 Å². The third-order valence-corrected chi connectivity index (χ3v) is 4.59. The highest BCUT2D eigenvalue weighted by atomic mass is 127. The Morgan fingerprint density at radius 3 is 2.72 bits per heavy atom. The monoisotopic (exact) mass is 463 g/mol. The molecule has 0 radical (unpaired) electrons. The Labute approximate surface area is 168 Å². The summed E-state index contributed by atoms with van der Waals surface area (Å²) in [5.41, 5.74) is 1.50. The summed E-state index contributed by atoms with van der Waals surface area (Å²) in [6.07, 6.45) is 2.50. The van der Waals surface area contributed by atoms with Gasteiger partial charge < -0.3 is 15.5 Å². The molecule has 0 amide bonds. The maximum Gasteiger partial charge on any atom is 0.191 e. The van der Waals surface area contributed by atoms with Crippen LogP contribution in [0.2, 0.25) is 0 Å². The quantitative estimate of drug-likeness (QED) is 0.387. The highest BCUT2D eigenvalue weighted by Gasteiger charge is 2.22. The Bertz CT molecular complexity index is 564. The molecule has 5 nitrogen and oxygen atoms in total. The van der Waals surface area contributed by atoms with Gasteiger partial charge in [-0.05, 0) is 43.6 Å². The van der Waals surface area contributed by atoms with Crippen molar-refractivity contribution >= 4 is 35.6 Å². The SMILES string of the molecule is CCN1CCCC1CNC(=NC)NCc1ccc(N(C)C)c(F)c1.I. The zero-order chi connectivity index (χ0) is 17.5. The molecule has 1 aliphatic heterocycles. The summed E-state index contributed by atoms with van der Waals surface area (Å²) in [6.45, 7) is 5.92. The first-order valence-electron chi connectivity index (χ1n) is 8.69. The number of rotatable bonds is 6. The summed E-state index contributed by atoms with van der Waals surface area (Å²) in [5.74, 6) is 0.557. The van der Waals surface area contributed by atoms with E-state index in [4.69, 9.17) is 0 Å². The Morgan fingerprint density at radius 1 is 1.36 bits per heavy atom. The van der Waals surface area contributed by atoms with Crippen molar-refractivity contribution in [3.63, 3.8) is 0 Å². The van der Waals surface area contributed by atoms with Gasteiger partial charge in [-0.1, -0.05) is 13.0 Å². The highest BCUT2D eigenvalue weighted by molar-refractivity contribution is 14.0. The van der Waals surface area contributed by atoms with E-state index in [9.17, 15) is 4.39 Å². The molecule has 1 aliphatic rings. The Hall–Kier alpha value is -1.09. The van der Waals surface area contributed by atoms with Crippen molar-refractivity contribution in [3.05, 3.63) is 29.6 Å². The zero-order valence-electron chi connectivity index (χ0n) is 15.7. The van der Waals surface area contributed by atoms with Crippen molar-refractivity contribution in [3.8, 4) is 0 Å². The van der Waals surface area contributed by atoms with Crippen molar-refractivity contribution < 1.29 is 4.39 Å². The number of aliphatic imine (C=N–C) groups is 1. The van der Waals surface area contributed by atoms with Crippen LogP contribution in [0.4, 0.5) is 10.1 Å². The van der Waals surface area contributed by atoms with Crippen LogP contribution >= 0.6 is 24.0 Å². The number of guanidine groups is 1. The molecule has 7 heteroatoms. The van der Waals surface area contributed by atoms with Crippen LogP contribution in [0.1, 0.15) is 25.3 Å². The lowest BCUT2D eigenvalue weighted by Gasteiger charge is -2.24. The molecule has 25 heavy (non-hydrogen) atoms. The number of halogens is 2. The summed E-state index contributed by atoms with van der Waals surface area (Å²) in [4.78, 5) is 8.52. The zero-order valence-corrected chi connectivity index (χ0v) is 18.0. The molecule has 1 aromatic rings. The first-order valence-corrected chi connectivity index (χ1v) is 8.69. The van der Waals surface area contributed by atoms with Crippen molar-refractivity contribution in [1.82, 2.24) is 15.5 Å². The Kier molecular flexibility index (Phi) is 9.48. The van der Waals surface area contributed by atoms with Gasteiger partial charge in [0.15, 0.2) is 5.96 Å². The van der Waals surface area contributed by atoms with Gasteiger partial charge in [-0.15, -0.1) is 24.0 Å². The Balaban J connectivity index is 0.00000312. The number of nitrogens with one attached hydrogen (secondary N) is 2. The van der Waals surface area contributed by atoms with Crippen LogP contribution in [-0.4, -0.2) is 57.7 Å². The van der Waals surface area contributed by atoms with Crippen molar-refractivity contribution in [2.75, 3.05) is 45.7 Å². The van der Waals surface area contributed by atoms with E-state index in [-0.39, 0.29) is 29.8 Å². The summed E-state index contributed by atoms with van der Waals surface area (Å²) in [6, 6.07) is 5.89. The minimum Gasteiger partial charge on any atom is -0.375 e. The lowest BCUT2D eigenvalue weighted by Crippen LogP contribution is -2.44. The third kappa shape index (κ3) is 6.29. The third-order valence-electron chi connectivity index (χ3n) is 4.59. The largest absolute Gasteiger partial charge is 0.375 e. The normalized spacial score (nSPS) is 18.0. The molecule has 1 unspecified atom stereocenters. The summed E-state index contributed by atoms with van der Waals surface area (Å²) in [7, 11) is 5.44. The van der Waals surface area contributed by atoms with Crippen LogP contribution < -0.4 is 15.5 Å². The van der Waals surface area contributed by atoms with Crippen LogP contribution in [0, 0.1) is 5.82 Å². The number of nitrogens with zero attached hydrogens (tertiary/aromatic N) is 3. The van der Waals surface area contributed by atoms with E-state index >= 15 is 0 Å². The predicted molar refractivity (Wildman–Crippen MR) is 115 cm³/mol. The molecule has 1 fully saturated rings. The van der Waals surface area contributed by atoms with Gasteiger partial charge >= 0.3 is 0 Å². The fraction of sp³-hybridized carbons (Fsp3) is 0.611. The van der Waals surface area contributed by atoms with Crippen LogP contribution in [-0.2, 0) is 6.54 Å². The predicted octanol–water partition coefficient (Wildman–Crippen LogP) is 2.66. The smallest absolute Gasteiger partial charge is 0.191 e. The van der Waals surface area contributed by atoms with E-state index in [0.717, 1.165) is 24.6 Å². The standard InChI is InChI=1S/C18H30FN5.HI/c1-5-24-10-6-7-15(24)13-22-18(20-2)21-12-14-8-9-17(23(3)4)16(19)11-14;/h8-9,11,15H,5-7,10,12-13H2,1-4H3,(H2,20,21,22);1H. The van der Waals surface area contributed by atoms with Crippen LogP contribution in [0.5, 0.6) is 0 Å². The minimum atomic E-state index is -0.202. The van der Waals surface area contributed by atoms with Gasteiger partial charge in [0.05, 0.1) is 5.69 Å². The Morgan fingerprint density at radius 2 is 2.12 bits per heavy atom. The maximum atomic E-state index is 14.0. The molecule has 0 spiro atoms. The fourth-order valence-electron chi connectivity index (χ4n) is 3.19. The van der Waals surface area contributed by atoms with E-state index in [1.54, 1.807) is 24.1 Å². The number of benzene rings is 1. The number of hydrogen-bond acceptors (Lipinski definition) is 3. The van der Waals surface area contributed by atoms with Crippen molar-refractivity contribution in [2.45, 2.75) is 32.4 Å². The van der Waals surface area contributed by atoms with Crippen molar-refractivity contribution in [2.24, 2.45) is 4.99 Å². The topological polar surface area (TPSA) is 42.9 Å². The second kappa shape index (κ2) is 10.8. The lowest BCUT2D eigenvalue weighted by atomic mass is 10.2. The second-order valence-electron chi connectivity index (χ2n) is 6.41. The number of anilines is 1. The molecule has 1 aromatic carbocycles. The summed E-state index contributed by atoms with van der Waals surface area (Å²) in [5, 5.41) is 6.64. The summed E-state index contributed by atoms with van der Waals surface area (Å²) >= 11 is 0. The minimum absolute atomic E-state index is 0. The van der Waals surface area contributed by atoms with Crippen LogP contribution in [0.3, 0.4) is 0 Å². The molecule has 2 rings (SSSR count). The first-order chi connectivity index (χ1) is 11.5. The second-order valence-corrected chi connectivity index (χ2v) is 6.41. The maximum absolute atomic E-state index is 14.0. The van der Waals surface area contributed by atoms with Gasteiger partial charge in [0.1, 0.15) is 5.82 Å². The first kappa shape index (κ1) is 22.0. The molecular formula is C18H31FIN5. The molecule has 0 saturated carbocycles. The molecular weight excluding hydrogens is 432 g/mol. The fourth-order valence-corrected chi connectivity index (χ4v) is 3.19. The molecule has 1 atom stereocenters. The molecule has 1 heterocycles. The van der Waals surface area contributed by atoms with E-state index in [1.807, 2.05) is 20.2 Å². The van der Waals surface area contributed by atoms with Gasteiger partial charge in [-0.25, -0.2) is 4.39 Å². The van der Waals surface area contributed by atoms with E-state index < -0.39 is 0 Å². The molecule has 0 bridgehead atoms. The molecule has 1 saturated heterocycles. The van der Waals surface area contributed by atoms with E-state index in [1.165, 1.54) is 19.4 Å². The average molecular weight is 463 g/mol. The number of hydrogen-bond donors (Lipinski definition) is 2. The molecule has 0 aromatic heterocycles. The van der Waals surface area contributed by atoms with Gasteiger partial charge in [0.25, 0.3) is 0 Å². The van der Waals surface area contributed by atoms with Crippen LogP contribution in [0.15, 0.2) is 23.2 Å².